The number of hydrogen-bond donors (Lipinski definition) is 1. The van der Waals surface area contributed by atoms with E-state index in [4.69, 9.17) is 0 Å². The van der Waals surface area contributed by atoms with Crippen LogP contribution in [0, 0.1) is 5.92 Å². The average molecular weight is 279 g/mol. The Morgan fingerprint density at radius 3 is 2.95 bits per heavy atom. The lowest BCUT2D eigenvalue weighted by Gasteiger charge is -2.50. The van der Waals surface area contributed by atoms with E-state index in [1.54, 1.807) is 11.3 Å². The third kappa shape index (κ3) is 2.11. The van der Waals surface area contributed by atoms with Gasteiger partial charge in [-0.3, -0.25) is 4.79 Å². The summed E-state index contributed by atoms with van der Waals surface area (Å²) in [5.41, 5.74) is 0.572. The van der Waals surface area contributed by atoms with Crippen molar-refractivity contribution in [3.05, 3.63) is 21.9 Å². The molecule has 0 saturated carbocycles. The summed E-state index contributed by atoms with van der Waals surface area (Å²) < 4.78 is 0. The lowest BCUT2D eigenvalue weighted by molar-refractivity contribution is -0.165. The molecule has 2 aliphatic rings. The maximum Gasteiger partial charge on any atom is 0.230 e. The third-order valence-electron chi connectivity index (χ3n) is 4.67. The van der Waals surface area contributed by atoms with Crippen molar-refractivity contribution in [3.63, 3.8) is 0 Å². The topological polar surface area (TPSA) is 40.5 Å². The van der Waals surface area contributed by atoms with Crippen molar-refractivity contribution in [2.24, 2.45) is 5.92 Å². The summed E-state index contributed by atoms with van der Waals surface area (Å²) in [5.74, 6) is 0.455. The molecule has 0 aromatic carbocycles. The largest absolute Gasteiger partial charge is 0.386 e. The smallest absolute Gasteiger partial charge is 0.230 e. The fourth-order valence-electron chi connectivity index (χ4n) is 3.10. The Bertz CT molecular complexity index is 488. The minimum atomic E-state index is -0.665. The van der Waals surface area contributed by atoms with Gasteiger partial charge in [0.2, 0.25) is 5.91 Å². The highest BCUT2D eigenvalue weighted by molar-refractivity contribution is 7.10. The van der Waals surface area contributed by atoms with Gasteiger partial charge < -0.3 is 10.0 Å². The molecule has 1 aromatic heterocycles. The summed E-state index contributed by atoms with van der Waals surface area (Å²) in [6.45, 7) is 5.03. The van der Waals surface area contributed by atoms with Gasteiger partial charge in [0.25, 0.3) is 0 Å². The Labute approximate surface area is 118 Å². The first-order chi connectivity index (χ1) is 9.01. The second-order valence-corrected chi connectivity index (χ2v) is 7.20. The van der Waals surface area contributed by atoms with Gasteiger partial charge in [-0.05, 0) is 42.2 Å². The van der Waals surface area contributed by atoms with E-state index >= 15 is 0 Å². The van der Waals surface area contributed by atoms with Gasteiger partial charge in [0, 0.05) is 4.88 Å². The molecule has 0 bridgehead atoms. The SMILES string of the molecule is CC(C)C1(O)CN(C(=O)C2CCCc3sccc32)C1. The van der Waals surface area contributed by atoms with E-state index < -0.39 is 5.60 Å². The van der Waals surface area contributed by atoms with E-state index in [1.165, 1.54) is 10.4 Å². The van der Waals surface area contributed by atoms with Gasteiger partial charge in [0.15, 0.2) is 0 Å². The van der Waals surface area contributed by atoms with Crippen molar-refractivity contribution >= 4 is 17.2 Å². The third-order valence-corrected chi connectivity index (χ3v) is 5.66. The van der Waals surface area contributed by atoms with E-state index in [-0.39, 0.29) is 17.7 Å². The summed E-state index contributed by atoms with van der Waals surface area (Å²) in [6.07, 6.45) is 3.18. The van der Waals surface area contributed by atoms with Crippen molar-refractivity contribution in [2.45, 2.75) is 44.6 Å². The Kier molecular flexibility index (Phi) is 3.18. The zero-order valence-corrected chi connectivity index (χ0v) is 12.4. The number of nitrogens with zero attached hydrogens (tertiary/aromatic N) is 1. The predicted octanol–water partition coefficient (Wildman–Crippen LogP) is 2.40. The fourth-order valence-corrected chi connectivity index (χ4v) is 4.09. The quantitative estimate of drug-likeness (QED) is 0.903. The molecule has 1 aromatic rings. The summed E-state index contributed by atoms with van der Waals surface area (Å²) in [7, 11) is 0. The molecule has 1 N–H and O–H groups in total. The molecule has 104 valence electrons. The molecule has 1 fully saturated rings. The molecule has 4 heteroatoms. The van der Waals surface area contributed by atoms with Crippen LogP contribution in [-0.4, -0.2) is 34.6 Å². The molecule has 2 heterocycles. The van der Waals surface area contributed by atoms with Crippen LogP contribution in [0.3, 0.4) is 0 Å². The first-order valence-electron chi connectivity index (χ1n) is 7.09. The minimum Gasteiger partial charge on any atom is -0.386 e. The van der Waals surface area contributed by atoms with Crippen molar-refractivity contribution in [3.8, 4) is 0 Å². The Balaban J connectivity index is 1.71. The standard InChI is InChI=1S/C15H21NO2S/c1-10(2)15(18)8-16(9-15)14(17)12-4-3-5-13-11(12)6-7-19-13/h6-7,10,12,18H,3-5,8-9H2,1-2H3. The van der Waals surface area contributed by atoms with E-state index in [2.05, 4.69) is 11.4 Å². The minimum absolute atomic E-state index is 0.0340. The summed E-state index contributed by atoms with van der Waals surface area (Å²) in [5, 5.41) is 12.4. The van der Waals surface area contributed by atoms with E-state index in [1.807, 2.05) is 18.7 Å². The maximum atomic E-state index is 12.6. The first-order valence-corrected chi connectivity index (χ1v) is 7.96. The number of carbonyl (C=O) groups excluding carboxylic acids is 1. The number of hydrogen-bond acceptors (Lipinski definition) is 3. The van der Waals surface area contributed by atoms with Crippen molar-refractivity contribution in [2.75, 3.05) is 13.1 Å². The molecule has 1 saturated heterocycles. The van der Waals surface area contributed by atoms with Crippen LogP contribution in [0.25, 0.3) is 0 Å². The zero-order valence-electron chi connectivity index (χ0n) is 11.6. The van der Waals surface area contributed by atoms with E-state index in [0.717, 1.165) is 19.3 Å². The van der Waals surface area contributed by atoms with Crippen molar-refractivity contribution < 1.29 is 9.90 Å². The number of aryl methyl sites for hydroxylation is 1. The van der Waals surface area contributed by atoms with Crippen LogP contribution in [0.15, 0.2) is 11.4 Å². The average Bonchev–Trinajstić information content (AvgIpc) is 2.81. The van der Waals surface area contributed by atoms with Crippen LogP contribution >= 0.6 is 11.3 Å². The predicted molar refractivity (Wildman–Crippen MR) is 76.4 cm³/mol. The summed E-state index contributed by atoms with van der Waals surface area (Å²) >= 11 is 1.77. The molecule has 0 spiro atoms. The van der Waals surface area contributed by atoms with Gasteiger partial charge in [-0.1, -0.05) is 13.8 Å². The van der Waals surface area contributed by atoms with E-state index in [0.29, 0.717) is 13.1 Å². The molecular weight excluding hydrogens is 258 g/mol. The molecule has 1 aliphatic carbocycles. The summed E-state index contributed by atoms with van der Waals surface area (Å²) in [6, 6.07) is 2.11. The summed E-state index contributed by atoms with van der Waals surface area (Å²) in [4.78, 5) is 15.8. The van der Waals surface area contributed by atoms with Gasteiger partial charge in [0.05, 0.1) is 19.0 Å². The van der Waals surface area contributed by atoms with E-state index in [9.17, 15) is 9.90 Å². The Morgan fingerprint density at radius 2 is 2.26 bits per heavy atom. The number of likely N-dealkylation sites (tertiary alicyclic amines) is 1. The van der Waals surface area contributed by atoms with Crippen LogP contribution in [0.1, 0.15) is 43.0 Å². The molecule has 3 rings (SSSR count). The van der Waals surface area contributed by atoms with Gasteiger partial charge in [0.1, 0.15) is 5.60 Å². The zero-order chi connectivity index (χ0) is 13.6. The number of rotatable bonds is 2. The number of β-amino-alcohol motifs (C(OH)–C–C–N with tert-alkyl or cyclic N) is 1. The normalized spacial score (nSPS) is 25.1. The van der Waals surface area contributed by atoms with Gasteiger partial charge in [-0.25, -0.2) is 0 Å². The maximum absolute atomic E-state index is 12.6. The van der Waals surface area contributed by atoms with Gasteiger partial charge >= 0.3 is 0 Å². The lowest BCUT2D eigenvalue weighted by Crippen LogP contribution is -2.66. The number of amides is 1. The van der Waals surface area contributed by atoms with Crippen LogP contribution in [0.2, 0.25) is 0 Å². The highest BCUT2D eigenvalue weighted by atomic mass is 32.1. The number of fused-ring (bicyclic) bond motifs is 1. The second kappa shape index (κ2) is 4.60. The highest BCUT2D eigenvalue weighted by Gasteiger charge is 2.47. The van der Waals surface area contributed by atoms with Crippen molar-refractivity contribution in [1.29, 1.82) is 0 Å². The van der Waals surface area contributed by atoms with Crippen molar-refractivity contribution in [1.82, 2.24) is 4.90 Å². The van der Waals surface area contributed by atoms with Crippen LogP contribution < -0.4 is 0 Å². The molecule has 1 atom stereocenters. The lowest BCUT2D eigenvalue weighted by atomic mass is 9.80. The molecule has 19 heavy (non-hydrogen) atoms. The monoisotopic (exact) mass is 279 g/mol. The fraction of sp³-hybridized carbons (Fsp3) is 0.667. The first kappa shape index (κ1) is 13.1. The number of carbonyl (C=O) groups is 1. The molecule has 1 unspecified atom stereocenters. The van der Waals surface area contributed by atoms with Gasteiger partial charge in [-0.15, -0.1) is 11.3 Å². The van der Waals surface area contributed by atoms with Crippen LogP contribution in [0.4, 0.5) is 0 Å². The Hall–Kier alpha value is -0.870. The molecular formula is C15H21NO2S. The number of aliphatic hydroxyl groups is 1. The van der Waals surface area contributed by atoms with Gasteiger partial charge in [-0.2, -0.15) is 0 Å². The Morgan fingerprint density at radius 1 is 1.53 bits per heavy atom. The second-order valence-electron chi connectivity index (χ2n) is 6.20. The molecule has 3 nitrogen and oxygen atoms in total. The molecule has 1 aliphatic heterocycles. The van der Waals surface area contributed by atoms with Crippen LogP contribution in [0.5, 0.6) is 0 Å². The molecule has 1 amide bonds. The highest BCUT2D eigenvalue weighted by Crippen LogP contribution is 2.38. The molecule has 0 radical (unpaired) electrons. The van der Waals surface area contributed by atoms with Crippen LogP contribution in [-0.2, 0) is 11.2 Å². The number of thiophene rings is 1.